The lowest BCUT2D eigenvalue weighted by molar-refractivity contribution is -0.145. The highest BCUT2D eigenvalue weighted by Gasteiger charge is 2.44. The third-order valence-corrected chi connectivity index (χ3v) is 5.31. The van der Waals surface area contributed by atoms with Gasteiger partial charge in [0.2, 0.25) is 5.91 Å². The molecule has 0 bridgehead atoms. The molecule has 206 valence electrons. The quantitative estimate of drug-likeness (QED) is 0.488. The van der Waals surface area contributed by atoms with E-state index in [1.165, 1.54) is 7.11 Å². The summed E-state index contributed by atoms with van der Waals surface area (Å²) in [5, 5.41) is 9.54. The van der Waals surface area contributed by atoms with Crippen LogP contribution in [0.2, 0.25) is 0 Å². The first-order chi connectivity index (χ1) is 16.9. The Kier molecular flexibility index (Phi) is 9.27. The van der Waals surface area contributed by atoms with Gasteiger partial charge in [-0.05, 0) is 52.3 Å². The van der Waals surface area contributed by atoms with Crippen molar-refractivity contribution in [1.29, 1.82) is 0 Å². The largest absolute Gasteiger partial charge is 0.497 e. The fraction of sp³-hybridized carbons (Fsp3) is 0.577. The number of rotatable bonds is 9. The Morgan fingerprint density at radius 2 is 1.65 bits per heavy atom. The van der Waals surface area contributed by atoms with Crippen molar-refractivity contribution in [2.45, 2.75) is 84.7 Å². The Labute approximate surface area is 215 Å². The second-order valence-corrected chi connectivity index (χ2v) is 10.8. The number of aromatic nitrogens is 2. The molecular weight excluding hydrogens is 489 g/mol. The summed E-state index contributed by atoms with van der Waals surface area (Å²) >= 11 is 0. The fourth-order valence-corrected chi connectivity index (χ4v) is 3.87. The predicted octanol–water partition coefficient (Wildman–Crippen LogP) is 4.83. The molecule has 0 unspecified atom stereocenters. The standard InChI is InChI=1S/C26H37F3N4O4/c1-16(2)31-20(34)13-19-21(25(6,7)15-30-23(35)37-24(3,4)5)22(26(27,28)29)33(32-19)14-17-9-11-18(36-8)12-10-17/h9-12,16H,13-15H2,1-8H3,(H,30,35)(H,31,34). The zero-order chi connectivity index (χ0) is 28.2. The normalized spacial score (nSPS) is 12.4. The highest BCUT2D eigenvalue weighted by Crippen LogP contribution is 2.40. The number of carbonyl (C=O) groups is 2. The van der Waals surface area contributed by atoms with E-state index in [4.69, 9.17) is 9.47 Å². The topological polar surface area (TPSA) is 94.5 Å². The first-order valence-electron chi connectivity index (χ1n) is 12.0. The van der Waals surface area contributed by atoms with Crippen molar-refractivity contribution in [2.24, 2.45) is 0 Å². The minimum atomic E-state index is -4.77. The van der Waals surface area contributed by atoms with Crippen LogP contribution in [0.25, 0.3) is 0 Å². The average molecular weight is 527 g/mol. The van der Waals surface area contributed by atoms with Crippen LogP contribution < -0.4 is 15.4 Å². The van der Waals surface area contributed by atoms with Crippen molar-refractivity contribution in [2.75, 3.05) is 13.7 Å². The molecular formula is C26H37F3N4O4. The summed E-state index contributed by atoms with van der Waals surface area (Å²) in [6.07, 6.45) is -5.87. The number of nitrogens with one attached hydrogen (secondary N) is 2. The van der Waals surface area contributed by atoms with Crippen molar-refractivity contribution in [3.05, 3.63) is 46.8 Å². The SMILES string of the molecule is COc1ccc(Cn2nc(CC(=O)NC(C)C)c(C(C)(C)CNC(=O)OC(C)(C)C)c2C(F)(F)F)cc1. The molecule has 0 radical (unpaired) electrons. The van der Waals surface area contributed by atoms with Gasteiger partial charge in [0.15, 0.2) is 0 Å². The van der Waals surface area contributed by atoms with E-state index in [0.29, 0.717) is 11.3 Å². The molecule has 1 heterocycles. The van der Waals surface area contributed by atoms with Crippen LogP contribution >= 0.6 is 0 Å². The first kappa shape index (κ1) is 30.0. The number of ether oxygens (including phenoxy) is 2. The molecule has 1 aromatic carbocycles. The Bertz CT molecular complexity index is 1080. The Morgan fingerprint density at radius 3 is 2.14 bits per heavy atom. The molecule has 0 atom stereocenters. The summed E-state index contributed by atoms with van der Waals surface area (Å²) in [4.78, 5) is 24.8. The lowest BCUT2D eigenvalue weighted by Gasteiger charge is -2.28. The Hall–Kier alpha value is -3.24. The number of hydrogen-bond donors (Lipinski definition) is 2. The van der Waals surface area contributed by atoms with Gasteiger partial charge in [-0.15, -0.1) is 0 Å². The molecule has 11 heteroatoms. The second kappa shape index (κ2) is 11.4. The fourth-order valence-electron chi connectivity index (χ4n) is 3.87. The molecule has 2 N–H and O–H groups in total. The van der Waals surface area contributed by atoms with Crippen LogP contribution in [0.4, 0.5) is 18.0 Å². The summed E-state index contributed by atoms with van der Waals surface area (Å²) in [7, 11) is 1.50. The number of amides is 2. The molecule has 2 aromatic rings. The zero-order valence-corrected chi connectivity index (χ0v) is 22.7. The highest BCUT2D eigenvalue weighted by atomic mass is 19.4. The van der Waals surface area contributed by atoms with Crippen LogP contribution in [-0.4, -0.2) is 47.1 Å². The minimum absolute atomic E-state index is 0.00465. The maximum atomic E-state index is 14.5. The molecule has 8 nitrogen and oxygen atoms in total. The van der Waals surface area contributed by atoms with Gasteiger partial charge in [0.05, 0.1) is 25.8 Å². The predicted molar refractivity (Wildman–Crippen MR) is 134 cm³/mol. The molecule has 0 fully saturated rings. The molecule has 0 spiro atoms. The summed E-state index contributed by atoms with van der Waals surface area (Å²) < 4.78 is 54.9. The van der Waals surface area contributed by atoms with Gasteiger partial charge in [0.25, 0.3) is 0 Å². The molecule has 2 amide bonds. The lowest BCUT2D eigenvalue weighted by Crippen LogP contribution is -2.41. The van der Waals surface area contributed by atoms with E-state index in [9.17, 15) is 22.8 Å². The Balaban J connectivity index is 2.56. The van der Waals surface area contributed by atoms with Gasteiger partial charge >= 0.3 is 12.3 Å². The van der Waals surface area contributed by atoms with Gasteiger partial charge in [0.1, 0.15) is 17.0 Å². The van der Waals surface area contributed by atoms with Gasteiger partial charge in [-0.25, -0.2) is 4.79 Å². The van der Waals surface area contributed by atoms with E-state index in [1.54, 1.807) is 72.7 Å². The van der Waals surface area contributed by atoms with E-state index in [2.05, 4.69) is 15.7 Å². The maximum absolute atomic E-state index is 14.5. The number of methoxy groups -OCH3 is 1. The number of alkyl carbamates (subject to hydrolysis) is 1. The van der Waals surface area contributed by atoms with Crippen LogP contribution in [0.5, 0.6) is 5.75 Å². The highest BCUT2D eigenvalue weighted by molar-refractivity contribution is 5.79. The smallest absolute Gasteiger partial charge is 0.433 e. The molecule has 0 aliphatic carbocycles. The summed E-state index contributed by atoms with van der Waals surface area (Å²) in [5.41, 5.74) is -2.56. The molecule has 1 aromatic heterocycles. The number of halogens is 3. The number of carbonyl (C=O) groups excluding carboxylic acids is 2. The summed E-state index contributed by atoms with van der Waals surface area (Å²) in [5.74, 6) is 0.122. The summed E-state index contributed by atoms with van der Waals surface area (Å²) in [6.45, 7) is 11.4. The molecule has 0 aliphatic rings. The average Bonchev–Trinajstić information content (AvgIpc) is 3.10. The van der Waals surface area contributed by atoms with Gasteiger partial charge in [-0.2, -0.15) is 18.3 Å². The molecule has 37 heavy (non-hydrogen) atoms. The van der Waals surface area contributed by atoms with E-state index < -0.39 is 34.9 Å². The van der Waals surface area contributed by atoms with Gasteiger partial charge in [-0.1, -0.05) is 26.0 Å². The van der Waals surface area contributed by atoms with Gasteiger partial charge in [0, 0.05) is 23.6 Å². The van der Waals surface area contributed by atoms with E-state index in [0.717, 1.165) is 4.68 Å². The van der Waals surface area contributed by atoms with Gasteiger partial charge < -0.3 is 20.1 Å². The molecule has 0 saturated carbocycles. The number of hydrogen-bond acceptors (Lipinski definition) is 5. The van der Waals surface area contributed by atoms with Crippen LogP contribution in [0.1, 0.15) is 71.0 Å². The van der Waals surface area contributed by atoms with E-state index >= 15 is 0 Å². The number of nitrogens with zero attached hydrogens (tertiary/aromatic N) is 2. The number of alkyl halides is 3. The van der Waals surface area contributed by atoms with Crippen LogP contribution in [0.15, 0.2) is 24.3 Å². The monoisotopic (exact) mass is 526 g/mol. The zero-order valence-electron chi connectivity index (χ0n) is 22.7. The van der Waals surface area contributed by atoms with Crippen molar-refractivity contribution in [3.8, 4) is 5.75 Å². The maximum Gasteiger partial charge on any atom is 0.433 e. The van der Waals surface area contributed by atoms with Crippen LogP contribution in [-0.2, 0) is 34.1 Å². The lowest BCUT2D eigenvalue weighted by atomic mass is 9.81. The third-order valence-electron chi connectivity index (χ3n) is 5.31. The molecule has 0 saturated heterocycles. The van der Waals surface area contributed by atoms with Crippen molar-refractivity contribution >= 4 is 12.0 Å². The van der Waals surface area contributed by atoms with E-state index in [-0.39, 0.29) is 36.8 Å². The van der Waals surface area contributed by atoms with Crippen LogP contribution in [0, 0.1) is 0 Å². The second-order valence-electron chi connectivity index (χ2n) is 10.8. The van der Waals surface area contributed by atoms with Crippen molar-refractivity contribution < 1.29 is 32.2 Å². The minimum Gasteiger partial charge on any atom is -0.497 e. The van der Waals surface area contributed by atoms with Crippen molar-refractivity contribution in [3.63, 3.8) is 0 Å². The van der Waals surface area contributed by atoms with E-state index in [1.807, 2.05) is 0 Å². The number of benzene rings is 1. The Morgan fingerprint density at radius 1 is 1.05 bits per heavy atom. The molecule has 0 aliphatic heterocycles. The van der Waals surface area contributed by atoms with Gasteiger partial charge in [-0.3, -0.25) is 9.48 Å². The summed E-state index contributed by atoms with van der Waals surface area (Å²) in [6, 6.07) is 6.42. The first-order valence-corrected chi connectivity index (χ1v) is 12.0. The van der Waals surface area contributed by atoms with Crippen LogP contribution in [0.3, 0.4) is 0 Å². The van der Waals surface area contributed by atoms with Crippen molar-refractivity contribution in [1.82, 2.24) is 20.4 Å². The third kappa shape index (κ3) is 8.68. The molecule has 2 rings (SSSR count).